The first-order valence-electron chi connectivity index (χ1n) is 26.3. The molecule has 1 unspecified atom stereocenters. The molecule has 0 aromatic rings. The molecule has 0 aromatic carbocycles. The Balaban J connectivity index is 4.59. The van der Waals surface area contributed by atoms with Crippen molar-refractivity contribution in [3.05, 3.63) is 146 Å². The number of hydrogen-bond acceptors (Lipinski definition) is 6. The highest BCUT2D eigenvalue weighted by molar-refractivity contribution is 5.71. The van der Waals surface area contributed by atoms with Crippen molar-refractivity contribution in [2.24, 2.45) is 0 Å². The number of unbranched alkanes of at least 4 members (excludes halogenated alkanes) is 10. The topological polar surface area (TPSA) is 78.9 Å². The zero-order valence-electron chi connectivity index (χ0n) is 42.6. The maximum Gasteiger partial charge on any atom is 0.306 e. The first kappa shape index (κ1) is 62.3. The van der Waals surface area contributed by atoms with Gasteiger partial charge in [-0.3, -0.25) is 14.4 Å². The maximum absolute atomic E-state index is 12.8. The summed E-state index contributed by atoms with van der Waals surface area (Å²) in [7, 11) is 0. The van der Waals surface area contributed by atoms with E-state index in [0.29, 0.717) is 12.8 Å². The molecule has 0 saturated carbocycles. The first-order valence-corrected chi connectivity index (χ1v) is 26.3. The van der Waals surface area contributed by atoms with Crippen molar-refractivity contribution < 1.29 is 28.6 Å². The van der Waals surface area contributed by atoms with E-state index in [1.807, 2.05) is 12.2 Å². The van der Waals surface area contributed by atoms with E-state index >= 15 is 0 Å². The zero-order chi connectivity index (χ0) is 48.6. The molecule has 0 radical (unpaired) electrons. The average molecular weight is 923 g/mol. The smallest absolute Gasteiger partial charge is 0.306 e. The molecule has 67 heavy (non-hydrogen) atoms. The highest BCUT2D eigenvalue weighted by atomic mass is 16.6. The monoisotopic (exact) mass is 923 g/mol. The van der Waals surface area contributed by atoms with Gasteiger partial charge in [-0.2, -0.15) is 0 Å². The molecular formula is C61H94O6. The van der Waals surface area contributed by atoms with Gasteiger partial charge in [-0.05, 0) is 122 Å². The normalized spacial score (nSPS) is 13.3. The molecule has 0 aliphatic rings. The Morgan fingerprint density at radius 3 is 1.00 bits per heavy atom. The van der Waals surface area contributed by atoms with Gasteiger partial charge in [0, 0.05) is 19.3 Å². The summed E-state index contributed by atoms with van der Waals surface area (Å²) in [6.45, 7) is 6.22. The average Bonchev–Trinajstić information content (AvgIpc) is 3.33. The van der Waals surface area contributed by atoms with Crippen LogP contribution in [0.5, 0.6) is 0 Å². The van der Waals surface area contributed by atoms with Crippen LogP contribution < -0.4 is 0 Å². The minimum atomic E-state index is -0.834. The summed E-state index contributed by atoms with van der Waals surface area (Å²) in [4.78, 5) is 38.0. The summed E-state index contributed by atoms with van der Waals surface area (Å²) >= 11 is 0. The second-order valence-corrected chi connectivity index (χ2v) is 16.7. The molecule has 0 saturated heterocycles. The van der Waals surface area contributed by atoms with Gasteiger partial charge in [0.1, 0.15) is 13.2 Å². The zero-order valence-corrected chi connectivity index (χ0v) is 42.6. The second kappa shape index (κ2) is 53.9. The van der Waals surface area contributed by atoms with Gasteiger partial charge in [0.2, 0.25) is 0 Å². The van der Waals surface area contributed by atoms with Crippen molar-refractivity contribution in [3.8, 4) is 0 Å². The summed E-state index contributed by atoms with van der Waals surface area (Å²) < 4.78 is 16.7. The predicted octanol–water partition coefficient (Wildman–Crippen LogP) is 17.6. The van der Waals surface area contributed by atoms with E-state index in [1.165, 1.54) is 6.42 Å². The van der Waals surface area contributed by atoms with Crippen LogP contribution in [0.3, 0.4) is 0 Å². The quantitative estimate of drug-likeness (QED) is 0.0262. The Kier molecular flexibility index (Phi) is 50.1. The van der Waals surface area contributed by atoms with Crippen LogP contribution in [-0.4, -0.2) is 37.2 Å². The van der Waals surface area contributed by atoms with Crippen LogP contribution >= 0.6 is 0 Å². The number of hydrogen-bond donors (Lipinski definition) is 0. The van der Waals surface area contributed by atoms with Crippen LogP contribution in [0, 0.1) is 0 Å². The van der Waals surface area contributed by atoms with Gasteiger partial charge in [-0.1, -0.05) is 205 Å². The number of rotatable bonds is 45. The van der Waals surface area contributed by atoms with Crippen LogP contribution in [0.25, 0.3) is 0 Å². The van der Waals surface area contributed by atoms with Crippen LogP contribution in [-0.2, 0) is 28.6 Å². The lowest BCUT2D eigenvalue weighted by molar-refractivity contribution is -0.166. The third kappa shape index (κ3) is 52.1. The molecule has 0 rings (SSSR count). The second-order valence-electron chi connectivity index (χ2n) is 16.7. The third-order valence-electron chi connectivity index (χ3n) is 10.3. The summed E-state index contributed by atoms with van der Waals surface area (Å²) in [5.41, 5.74) is 0. The number of allylic oxidation sites excluding steroid dienone is 24. The number of carbonyl (C=O) groups excluding carboxylic acids is 3. The van der Waals surface area contributed by atoms with Gasteiger partial charge in [0.15, 0.2) is 6.10 Å². The fraction of sp³-hybridized carbons (Fsp3) is 0.557. The summed E-state index contributed by atoms with van der Waals surface area (Å²) in [5, 5.41) is 0. The first-order chi connectivity index (χ1) is 33.0. The fourth-order valence-corrected chi connectivity index (χ4v) is 6.44. The standard InChI is InChI=1S/C61H94O6/c1-4-7-10-13-16-19-22-25-27-29-30-32-33-36-39-42-45-48-51-54-60(63)66-57-58(56-65-59(62)53-50-47-44-41-38-35-24-21-18-15-12-9-6-3)67-61(64)55-52-49-46-43-40-37-34-31-28-26-23-20-17-14-11-8-5-2/h7-8,10-12,15-17,19-21,24-28,30,32,34,36-37,39,45,48,58H,4-6,9,13-14,18,22-23,29,31,33,35,38,40-44,46-47,49-57H2,1-3H3/b10-7-,11-8-,15-12-,19-16-,20-17-,24-21-,27-25-,28-26-,32-30-,37-34-,39-36-,48-45-. The highest BCUT2D eigenvalue weighted by Crippen LogP contribution is 2.12. The molecule has 1 atom stereocenters. The van der Waals surface area contributed by atoms with E-state index in [-0.39, 0.29) is 44.0 Å². The molecule has 0 N–H and O–H groups in total. The number of esters is 3. The van der Waals surface area contributed by atoms with Gasteiger partial charge in [-0.15, -0.1) is 0 Å². The molecule has 0 heterocycles. The van der Waals surface area contributed by atoms with Gasteiger partial charge in [0.25, 0.3) is 0 Å². The third-order valence-corrected chi connectivity index (χ3v) is 10.3. The van der Waals surface area contributed by atoms with E-state index in [4.69, 9.17) is 14.2 Å². The molecule has 0 aliphatic carbocycles. The maximum atomic E-state index is 12.8. The lowest BCUT2D eigenvalue weighted by Gasteiger charge is -2.18. The van der Waals surface area contributed by atoms with Gasteiger partial charge < -0.3 is 14.2 Å². The summed E-state index contributed by atoms with van der Waals surface area (Å²) in [6, 6.07) is 0. The molecule has 0 bridgehead atoms. The fourth-order valence-electron chi connectivity index (χ4n) is 6.44. The summed E-state index contributed by atoms with van der Waals surface area (Å²) in [5.74, 6) is -1.06. The lowest BCUT2D eigenvalue weighted by Crippen LogP contribution is -2.30. The molecule has 6 heteroatoms. The van der Waals surface area contributed by atoms with E-state index in [9.17, 15) is 14.4 Å². The Hall–Kier alpha value is -4.71. The molecule has 0 amide bonds. The van der Waals surface area contributed by atoms with Crippen molar-refractivity contribution in [3.63, 3.8) is 0 Å². The minimum Gasteiger partial charge on any atom is -0.462 e. The highest BCUT2D eigenvalue weighted by Gasteiger charge is 2.19. The van der Waals surface area contributed by atoms with Crippen LogP contribution in [0.1, 0.15) is 201 Å². The van der Waals surface area contributed by atoms with Crippen LogP contribution in [0.4, 0.5) is 0 Å². The Morgan fingerprint density at radius 1 is 0.313 bits per heavy atom. The Bertz CT molecular complexity index is 1530. The van der Waals surface area contributed by atoms with Gasteiger partial charge >= 0.3 is 17.9 Å². The predicted molar refractivity (Wildman–Crippen MR) is 288 cm³/mol. The van der Waals surface area contributed by atoms with Crippen LogP contribution in [0.2, 0.25) is 0 Å². The van der Waals surface area contributed by atoms with Crippen molar-refractivity contribution in [1.29, 1.82) is 0 Å². The SMILES string of the molecule is CC/C=C\C/C=C\C/C=C\C/C=C\C/C=C\C/C=C\CCC(=O)OCC(COC(=O)CCCCCCC/C=C\C/C=C\CCC)OC(=O)CCCCCC/C=C\C/C=C\C/C=C\C/C=C\CC. The van der Waals surface area contributed by atoms with E-state index in [0.717, 1.165) is 148 Å². The molecule has 0 aliphatic heterocycles. The van der Waals surface area contributed by atoms with Crippen molar-refractivity contribution in [1.82, 2.24) is 0 Å². The number of ether oxygens (including phenoxy) is 3. The van der Waals surface area contributed by atoms with Crippen molar-refractivity contribution >= 4 is 17.9 Å². The number of carbonyl (C=O) groups is 3. The Morgan fingerprint density at radius 2 is 0.612 bits per heavy atom. The van der Waals surface area contributed by atoms with E-state index < -0.39 is 6.10 Å². The molecule has 0 spiro atoms. The molecule has 0 fully saturated rings. The van der Waals surface area contributed by atoms with Crippen molar-refractivity contribution in [2.45, 2.75) is 207 Å². The van der Waals surface area contributed by atoms with Crippen LogP contribution in [0.15, 0.2) is 146 Å². The largest absolute Gasteiger partial charge is 0.462 e. The Labute approximate surface area is 410 Å². The minimum absolute atomic E-state index is 0.125. The molecule has 374 valence electrons. The van der Waals surface area contributed by atoms with Crippen molar-refractivity contribution in [2.75, 3.05) is 13.2 Å². The van der Waals surface area contributed by atoms with Gasteiger partial charge in [0.05, 0.1) is 0 Å². The molecular weight excluding hydrogens is 829 g/mol. The van der Waals surface area contributed by atoms with E-state index in [1.54, 1.807) is 0 Å². The molecule has 6 nitrogen and oxygen atoms in total. The van der Waals surface area contributed by atoms with Gasteiger partial charge in [-0.25, -0.2) is 0 Å². The molecule has 0 aromatic heterocycles. The van der Waals surface area contributed by atoms with E-state index in [2.05, 4.69) is 154 Å². The summed E-state index contributed by atoms with van der Waals surface area (Å²) in [6.07, 6.45) is 77.0. The lowest BCUT2D eigenvalue weighted by atomic mass is 10.1.